The first-order valence-electron chi connectivity index (χ1n) is 7.58. The number of esters is 1. The van der Waals surface area contributed by atoms with E-state index < -0.39 is 8.07 Å². The number of rotatable bonds is 4. The fourth-order valence-corrected chi connectivity index (χ4v) is 2.12. The van der Waals surface area contributed by atoms with E-state index in [4.69, 9.17) is 4.74 Å². The third-order valence-corrected chi connectivity index (χ3v) is 3.57. The van der Waals surface area contributed by atoms with Crippen LogP contribution in [-0.2, 0) is 9.53 Å². The molecule has 1 rings (SSSR count). The maximum atomic E-state index is 12.2. The lowest BCUT2D eigenvalue weighted by Crippen LogP contribution is -2.17. The van der Waals surface area contributed by atoms with Gasteiger partial charge in [-0.05, 0) is 24.5 Å². The van der Waals surface area contributed by atoms with Crippen molar-refractivity contribution >= 4 is 19.8 Å². The molecular weight excluding hydrogens is 304 g/mol. The molecule has 0 saturated carbocycles. The number of hydrogen-bond donors (Lipinski definition) is 0. The molecule has 0 atom stereocenters. The van der Waals surface area contributed by atoms with Gasteiger partial charge in [-0.25, -0.2) is 0 Å². The Bertz CT molecular complexity index is 691. The highest BCUT2D eigenvalue weighted by atomic mass is 28.3. The molecule has 0 aliphatic heterocycles. The molecule has 0 fully saturated rings. The number of ketones is 1. The van der Waals surface area contributed by atoms with Crippen LogP contribution in [0.15, 0.2) is 24.3 Å². The van der Waals surface area contributed by atoms with Gasteiger partial charge < -0.3 is 4.74 Å². The minimum atomic E-state index is -1.58. The lowest BCUT2D eigenvalue weighted by atomic mass is 10.0. The van der Waals surface area contributed by atoms with Crippen LogP contribution < -0.4 is 0 Å². The fourth-order valence-electron chi connectivity index (χ4n) is 1.64. The normalized spacial score (nSPS) is 9.91. The second-order valence-corrected chi connectivity index (χ2v) is 10.9. The summed E-state index contributed by atoms with van der Waals surface area (Å²) in [6, 6.07) is 7.24. The van der Waals surface area contributed by atoms with Gasteiger partial charge in [0.15, 0.2) is 0 Å². The third kappa shape index (κ3) is 8.04. The molecule has 0 amide bonds. The second kappa shape index (κ2) is 8.98. The van der Waals surface area contributed by atoms with Gasteiger partial charge in [0, 0.05) is 24.5 Å². The summed E-state index contributed by atoms with van der Waals surface area (Å²) >= 11 is 0. The summed E-state index contributed by atoms with van der Waals surface area (Å²) in [5, 5.41) is 0. The third-order valence-electron chi connectivity index (χ3n) is 2.70. The van der Waals surface area contributed by atoms with E-state index in [1.165, 1.54) is 6.92 Å². The molecule has 0 N–H and O–H groups in total. The van der Waals surface area contributed by atoms with E-state index >= 15 is 0 Å². The van der Waals surface area contributed by atoms with E-state index in [0.717, 1.165) is 0 Å². The molecule has 0 unspecified atom stereocenters. The number of ether oxygens (including phenoxy) is 1. The molecule has 0 spiro atoms. The van der Waals surface area contributed by atoms with Crippen LogP contribution in [0.1, 0.15) is 35.7 Å². The first kappa shape index (κ1) is 18.7. The Kier molecular flexibility index (Phi) is 7.32. The van der Waals surface area contributed by atoms with E-state index in [0.29, 0.717) is 30.6 Å². The molecule has 1 aromatic rings. The quantitative estimate of drug-likeness (QED) is 0.280. The van der Waals surface area contributed by atoms with Crippen LogP contribution in [0, 0.1) is 23.3 Å². The lowest BCUT2D eigenvalue weighted by molar-refractivity contribution is -0.141. The van der Waals surface area contributed by atoms with Crippen molar-refractivity contribution in [2.24, 2.45) is 0 Å². The summed E-state index contributed by atoms with van der Waals surface area (Å²) in [4.78, 5) is 22.9. The zero-order chi connectivity index (χ0) is 17.3. The highest BCUT2D eigenvalue weighted by molar-refractivity contribution is 6.84. The molecule has 3 nitrogen and oxygen atoms in total. The van der Waals surface area contributed by atoms with Gasteiger partial charge >= 0.3 is 5.97 Å². The van der Waals surface area contributed by atoms with Crippen molar-refractivity contribution in [1.82, 2.24) is 0 Å². The van der Waals surface area contributed by atoms with Gasteiger partial charge in [-0.15, -0.1) is 5.54 Å². The number of hydrogen-bond acceptors (Lipinski definition) is 3. The minimum absolute atomic E-state index is 0.183. The maximum absolute atomic E-state index is 12.2. The Hall–Kier alpha value is -2.30. The standard InChI is InChI=1S/C19H22O3Si/c1-16(20)22-14-9-5-6-10-17-11-7-8-12-18(17)19(21)13-15-23(2,3)4/h7-8,11-12H,5,9,14H2,1-4H3. The van der Waals surface area contributed by atoms with Gasteiger partial charge in [0.1, 0.15) is 8.07 Å². The molecule has 0 aromatic heterocycles. The Morgan fingerprint density at radius 3 is 2.52 bits per heavy atom. The van der Waals surface area contributed by atoms with E-state index in [2.05, 4.69) is 42.9 Å². The largest absolute Gasteiger partial charge is 0.466 e. The smallest absolute Gasteiger partial charge is 0.302 e. The number of Topliss-reactive ketones (excluding diaryl/α,β-unsaturated/α-hetero) is 1. The van der Waals surface area contributed by atoms with Crippen LogP contribution in [0.5, 0.6) is 0 Å². The molecule has 0 aliphatic carbocycles. The average Bonchev–Trinajstić information content (AvgIpc) is 2.47. The number of carbonyl (C=O) groups excluding carboxylic acids is 2. The van der Waals surface area contributed by atoms with Gasteiger partial charge in [-0.1, -0.05) is 43.6 Å². The van der Waals surface area contributed by atoms with Crippen molar-refractivity contribution in [3.05, 3.63) is 35.4 Å². The summed E-state index contributed by atoms with van der Waals surface area (Å²) in [5.74, 6) is 8.31. The van der Waals surface area contributed by atoms with Crippen molar-refractivity contribution in [3.8, 4) is 23.3 Å². The number of unbranched alkanes of at least 4 members (excludes halogenated alkanes) is 1. The summed E-state index contributed by atoms with van der Waals surface area (Å²) in [5.41, 5.74) is 4.32. The second-order valence-electron chi connectivity index (χ2n) is 6.12. The molecule has 0 bridgehead atoms. The first-order valence-corrected chi connectivity index (χ1v) is 11.1. The van der Waals surface area contributed by atoms with Gasteiger partial charge in [0.2, 0.25) is 5.78 Å². The molecule has 4 heteroatoms. The SMILES string of the molecule is CC(=O)OCCCC#Cc1ccccc1C(=O)C#C[Si](C)(C)C. The van der Waals surface area contributed by atoms with Crippen molar-refractivity contribution in [2.75, 3.05) is 6.61 Å². The van der Waals surface area contributed by atoms with Gasteiger partial charge in [-0.2, -0.15) is 0 Å². The van der Waals surface area contributed by atoms with Crippen LogP contribution in [0.4, 0.5) is 0 Å². The average molecular weight is 326 g/mol. The molecule has 0 radical (unpaired) electrons. The maximum Gasteiger partial charge on any atom is 0.302 e. The molecule has 1 aromatic carbocycles. The molecule has 120 valence electrons. The summed E-state index contributed by atoms with van der Waals surface area (Å²) < 4.78 is 4.84. The first-order chi connectivity index (χ1) is 10.8. The van der Waals surface area contributed by atoms with E-state index in [1.54, 1.807) is 6.07 Å². The Balaban J connectivity index is 2.76. The Morgan fingerprint density at radius 1 is 1.17 bits per heavy atom. The summed E-state index contributed by atoms with van der Waals surface area (Å²) in [7, 11) is -1.58. The molecule has 0 saturated heterocycles. The highest BCUT2D eigenvalue weighted by Gasteiger charge is 2.11. The molecular formula is C19H22O3Si. The Labute approximate surface area is 139 Å². The van der Waals surface area contributed by atoms with Crippen LogP contribution in [0.3, 0.4) is 0 Å². The van der Waals surface area contributed by atoms with Crippen molar-refractivity contribution in [1.29, 1.82) is 0 Å². The minimum Gasteiger partial charge on any atom is -0.466 e. The van der Waals surface area contributed by atoms with Gasteiger partial charge in [-0.3, -0.25) is 9.59 Å². The molecule has 0 heterocycles. The van der Waals surface area contributed by atoms with Crippen molar-refractivity contribution < 1.29 is 14.3 Å². The highest BCUT2D eigenvalue weighted by Crippen LogP contribution is 2.08. The summed E-state index contributed by atoms with van der Waals surface area (Å²) in [6.07, 6.45) is 1.29. The molecule has 0 aliphatic rings. The molecule has 23 heavy (non-hydrogen) atoms. The lowest BCUT2D eigenvalue weighted by Gasteiger charge is -2.03. The van der Waals surface area contributed by atoms with E-state index in [1.807, 2.05) is 18.2 Å². The van der Waals surface area contributed by atoms with Crippen LogP contribution in [-0.4, -0.2) is 26.4 Å². The Morgan fingerprint density at radius 2 is 1.87 bits per heavy atom. The number of benzene rings is 1. The zero-order valence-electron chi connectivity index (χ0n) is 14.2. The van der Waals surface area contributed by atoms with Crippen molar-refractivity contribution in [3.63, 3.8) is 0 Å². The van der Waals surface area contributed by atoms with Crippen LogP contribution in [0.25, 0.3) is 0 Å². The van der Waals surface area contributed by atoms with Gasteiger partial charge in [0.25, 0.3) is 0 Å². The van der Waals surface area contributed by atoms with Crippen LogP contribution in [0.2, 0.25) is 19.6 Å². The fraction of sp³-hybridized carbons (Fsp3) is 0.368. The number of carbonyl (C=O) groups is 2. The topological polar surface area (TPSA) is 43.4 Å². The van der Waals surface area contributed by atoms with E-state index in [9.17, 15) is 9.59 Å². The zero-order valence-corrected chi connectivity index (χ0v) is 15.2. The predicted octanol–water partition coefficient (Wildman–Crippen LogP) is 3.44. The monoisotopic (exact) mass is 326 g/mol. The predicted molar refractivity (Wildman–Crippen MR) is 94.6 cm³/mol. The van der Waals surface area contributed by atoms with E-state index in [-0.39, 0.29) is 11.8 Å². The summed E-state index contributed by atoms with van der Waals surface area (Å²) in [6.45, 7) is 8.05. The van der Waals surface area contributed by atoms with Crippen LogP contribution >= 0.6 is 0 Å². The van der Waals surface area contributed by atoms with Gasteiger partial charge in [0.05, 0.1) is 6.61 Å². The van der Waals surface area contributed by atoms with Crippen molar-refractivity contribution in [2.45, 2.75) is 39.4 Å².